The Bertz CT molecular complexity index is 1500. The van der Waals surface area contributed by atoms with Gasteiger partial charge < -0.3 is 25.0 Å². The van der Waals surface area contributed by atoms with Crippen LogP contribution in [0, 0.1) is 11.7 Å². The predicted octanol–water partition coefficient (Wildman–Crippen LogP) is 3.94. The summed E-state index contributed by atoms with van der Waals surface area (Å²) in [7, 11) is -2.27. The number of anilines is 2. The fourth-order valence-electron chi connectivity index (χ4n) is 4.63. The van der Waals surface area contributed by atoms with E-state index in [0.29, 0.717) is 17.0 Å². The van der Waals surface area contributed by atoms with Gasteiger partial charge in [-0.05, 0) is 61.5 Å². The molecule has 0 saturated heterocycles. The number of likely N-dealkylation sites (N-methyl/N-ethyl adjacent to an activating group) is 1. The molecule has 1 heterocycles. The van der Waals surface area contributed by atoms with E-state index >= 15 is 0 Å². The Labute approximate surface area is 245 Å². The van der Waals surface area contributed by atoms with Gasteiger partial charge in [-0.1, -0.05) is 25.1 Å². The molecule has 0 aromatic heterocycles. The van der Waals surface area contributed by atoms with Crippen molar-refractivity contribution in [3.8, 4) is 5.75 Å². The summed E-state index contributed by atoms with van der Waals surface area (Å²) >= 11 is 0. The van der Waals surface area contributed by atoms with E-state index in [2.05, 4.69) is 10.0 Å². The Morgan fingerprint density at radius 3 is 2.45 bits per heavy atom. The van der Waals surface area contributed by atoms with E-state index in [9.17, 15) is 27.5 Å². The van der Waals surface area contributed by atoms with Crippen LogP contribution in [0.15, 0.2) is 77.7 Å². The summed E-state index contributed by atoms with van der Waals surface area (Å²) in [5, 5.41) is 12.6. The Morgan fingerprint density at radius 2 is 1.79 bits per heavy atom. The van der Waals surface area contributed by atoms with E-state index in [1.54, 1.807) is 55.3 Å². The average molecular weight is 599 g/mol. The van der Waals surface area contributed by atoms with Crippen LogP contribution < -0.4 is 14.8 Å². The normalized spacial score (nSPS) is 18.0. The van der Waals surface area contributed by atoms with Crippen molar-refractivity contribution in [3.05, 3.63) is 84.2 Å². The van der Waals surface area contributed by atoms with Crippen LogP contribution in [0.4, 0.5) is 20.6 Å². The van der Waals surface area contributed by atoms with Crippen molar-refractivity contribution in [2.24, 2.45) is 5.92 Å². The highest BCUT2D eigenvalue weighted by Gasteiger charge is 2.32. The minimum absolute atomic E-state index is 0.0824. The number of ether oxygens (including phenoxy) is 1. The van der Waals surface area contributed by atoms with Crippen LogP contribution in [0.3, 0.4) is 0 Å². The van der Waals surface area contributed by atoms with Crippen LogP contribution in [0.5, 0.6) is 5.75 Å². The molecule has 0 fully saturated rings. The third kappa shape index (κ3) is 7.56. The maximum atomic E-state index is 13.4. The SMILES string of the molecule is C[C@H]1CN([C@@H](C)CO)C(=O)Cc2cc(NS(=O)(=O)c3ccccc3)ccc2O[C@@H]1CN(C)C(=O)Nc1ccc(F)cc1. The molecule has 1 aliphatic rings. The van der Waals surface area contributed by atoms with Crippen molar-refractivity contribution in [1.29, 1.82) is 0 Å². The number of hydrogen-bond donors (Lipinski definition) is 3. The number of carbonyl (C=O) groups is 2. The lowest BCUT2D eigenvalue weighted by Crippen LogP contribution is -2.48. The summed E-state index contributed by atoms with van der Waals surface area (Å²) in [6.45, 7) is 3.81. The van der Waals surface area contributed by atoms with Gasteiger partial charge in [-0.3, -0.25) is 9.52 Å². The van der Waals surface area contributed by atoms with Gasteiger partial charge in [0.15, 0.2) is 0 Å². The molecule has 0 aliphatic carbocycles. The van der Waals surface area contributed by atoms with Gasteiger partial charge in [-0.15, -0.1) is 0 Å². The average Bonchev–Trinajstić information content (AvgIpc) is 3.01. The molecule has 10 nitrogen and oxygen atoms in total. The Balaban J connectivity index is 1.61. The Kier molecular flexibility index (Phi) is 9.69. The highest BCUT2D eigenvalue weighted by molar-refractivity contribution is 7.92. The predicted molar refractivity (Wildman–Crippen MR) is 157 cm³/mol. The third-order valence-corrected chi connectivity index (χ3v) is 8.52. The lowest BCUT2D eigenvalue weighted by atomic mass is 10.0. The van der Waals surface area contributed by atoms with E-state index in [1.807, 2.05) is 6.92 Å². The minimum Gasteiger partial charge on any atom is -0.488 e. The number of carbonyl (C=O) groups excluding carboxylic acids is 2. The second kappa shape index (κ2) is 13.2. The molecule has 1 aliphatic heterocycles. The highest BCUT2D eigenvalue weighted by atomic mass is 32.2. The van der Waals surface area contributed by atoms with Crippen LogP contribution in [-0.4, -0.2) is 74.2 Å². The Hall–Kier alpha value is -4.16. The Morgan fingerprint density at radius 1 is 1.12 bits per heavy atom. The molecular formula is C30H35FN4O6S. The fourth-order valence-corrected chi connectivity index (χ4v) is 5.70. The smallest absolute Gasteiger partial charge is 0.321 e. The number of aliphatic hydroxyl groups is 1. The minimum atomic E-state index is -3.87. The zero-order chi connectivity index (χ0) is 30.4. The summed E-state index contributed by atoms with van der Waals surface area (Å²) in [4.78, 5) is 29.5. The number of sulfonamides is 1. The third-order valence-electron chi connectivity index (χ3n) is 7.12. The number of nitrogens with zero attached hydrogens (tertiary/aromatic N) is 2. The first-order valence-electron chi connectivity index (χ1n) is 13.5. The molecule has 0 unspecified atom stereocenters. The first kappa shape index (κ1) is 30.8. The number of benzene rings is 3. The number of hydrogen-bond acceptors (Lipinski definition) is 6. The van der Waals surface area contributed by atoms with Crippen LogP contribution in [0.2, 0.25) is 0 Å². The van der Waals surface area contributed by atoms with Crippen LogP contribution in [0.25, 0.3) is 0 Å². The topological polar surface area (TPSA) is 128 Å². The lowest BCUT2D eigenvalue weighted by Gasteiger charge is -2.34. The van der Waals surface area contributed by atoms with Crippen molar-refractivity contribution in [2.75, 3.05) is 36.8 Å². The van der Waals surface area contributed by atoms with Crippen LogP contribution in [-0.2, 0) is 21.2 Å². The first-order valence-corrected chi connectivity index (χ1v) is 15.0. The van der Waals surface area contributed by atoms with Gasteiger partial charge >= 0.3 is 6.03 Å². The van der Waals surface area contributed by atoms with Gasteiger partial charge in [-0.25, -0.2) is 17.6 Å². The van der Waals surface area contributed by atoms with E-state index in [4.69, 9.17) is 4.74 Å². The van der Waals surface area contributed by atoms with Crippen LogP contribution in [0.1, 0.15) is 19.4 Å². The molecule has 3 amide bonds. The van der Waals surface area contributed by atoms with Crippen molar-refractivity contribution >= 4 is 33.3 Å². The van der Waals surface area contributed by atoms with Gasteiger partial charge in [0, 0.05) is 36.4 Å². The second-order valence-corrected chi connectivity index (χ2v) is 12.1. The molecule has 0 saturated carbocycles. The molecule has 3 aromatic rings. The van der Waals surface area contributed by atoms with Gasteiger partial charge in [0.1, 0.15) is 17.7 Å². The second-order valence-electron chi connectivity index (χ2n) is 10.4. The molecule has 12 heteroatoms. The zero-order valence-corrected chi connectivity index (χ0v) is 24.5. The summed E-state index contributed by atoms with van der Waals surface area (Å²) in [5.74, 6) is -0.542. The number of nitrogens with one attached hydrogen (secondary N) is 2. The van der Waals surface area contributed by atoms with E-state index in [1.165, 1.54) is 41.3 Å². The number of fused-ring (bicyclic) bond motifs is 1. The molecule has 3 N–H and O–H groups in total. The highest BCUT2D eigenvalue weighted by Crippen LogP contribution is 2.30. The number of urea groups is 1. The van der Waals surface area contributed by atoms with Gasteiger partial charge in [0.25, 0.3) is 10.0 Å². The molecule has 3 aromatic carbocycles. The van der Waals surface area contributed by atoms with Crippen molar-refractivity contribution < 1.29 is 32.2 Å². The monoisotopic (exact) mass is 598 g/mol. The van der Waals surface area contributed by atoms with Crippen LogP contribution >= 0.6 is 0 Å². The molecule has 0 spiro atoms. The first-order chi connectivity index (χ1) is 20.0. The summed E-state index contributed by atoms with van der Waals surface area (Å²) < 4.78 is 48.1. The van der Waals surface area contributed by atoms with Gasteiger partial charge in [-0.2, -0.15) is 0 Å². The van der Waals surface area contributed by atoms with E-state index in [0.717, 1.165) is 0 Å². The quantitative estimate of drug-likeness (QED) is 0.361. The van der Waals surface area contributed by atoms with Crippen molar-refractivity contribution in [2.45, 2.75) is 37.3 Å². The maximum absolute atomic E-state index is 13.4. The molecular weight excluding hydrogens is 563 g/mol. The number of halogens is 1. The van der Waals surface area contributed by atoms with E-state index < -0.39 is 34.0 Å². The largest absolute Gasteiger partial charge is 0.488 e. The van der Waals surface area contributed by atoms with Gasteiger partial charge in [0.05, 0.1) is 30.5 Å². The summed E-state index contributed by atoms with van der Waals surface area (Å²) in [6, 6.07) is 17.2. The number of amides is 3. The number of rotatable bonds is 8. The molecule has 0 radical (unpaired) electrons. The van der Waals surface area contributed by atoms with Crippen molar-refractivity contribution in [1.82, 2.24) is 9.80 Å². The molecule has 4 rings (SSSR count). The molecule has 3 atom stereocenters. The molecule has 224 valence electrons. The van der Waals surface area contributed by atoms with Gasteiger partial charge in [0.2, 0.25) is 5.91 Å². The fraction of sp³-hybridized carbons (Fsp3) is 0.333. The maximum Gasteiger partial charge on any atom is 0.321 e. The lowest BCUT2D eigenvalue weighted by molar-refractivity contribution is -0.134. The standard InChI is InChI=1S/C30H35FN4O6S/c1-20-17-35(21(2)19-36)29(37)16-22-15-25(33-42(39,40)26-7-5-4-6-8-26)13-14-27(22)41-28(20)18-34(3)30(38)32-24-11-9-23(31)10-12-24/h4-15,20-21,28,33,36H,16-19H2,1-3H3,(H,32,38)/t20-,21-,28+/m0/s1. The zero-order valence-electron chi connectivity index (χ0n) is 23.7. The summed E-state index contributed by atoms with van der Waals surface area (Å²) in [6.07, 6.45) is -0.653. The molecule has 0 bridgehead atoms. The van der Waals surface area contributed by atoms with Crippen molar-refractivity contribution in [3.63, 3.8) is 0 Å². The number of aliphatic hydroxyl groups excluding tert-OH is 1. The summed E-state index contributed by atoms with van der Waals surface area (Å²) in [5.41, 5.74) is 1.15. The molecule has 42 heavy (non-hydrogen) atoms. The van der Waals surface area contributed by atoms with E-state index in [-0.39, 0.29) is 48.5 Å².